The maximum absolute atomic E-state index is 2.47. The van der Waals surface area contributed by atoms with Gasteiger partial charge in [0.05, 0.1) is 27.8 Å². The SMILES string of the molecule is c1ccc(-c2cccc(-c3ccccc3-n3c4ccccc4c4cc5c6ccccc6n(-c6cccc(-c7ccccc7)c6)c5cc43)c2)cc1. The first-order chi connectivity index (χ1) is 24.8. The molecule has 0 spiro atoms. The zero-order valence-electron chi connectivity index (χ0n) is 27.4. The Balaban J connectivity index is 1.25. The predicted octanol–water partition coefficient (Wildman–Crippen LogP) is 12.9. The third-order valence-corrected chi connectivity index (χ3v) is 10.1. The van der Waals surface area contributed by atoms with Crippen molar-refractivity contribution < 1.29 is 0 Å². The van der Waals surface area contributed by atoms with E-state index in [0.717, 1.165) is 11.4 Å². The van der Waals surface area contributed by atoms with Crippen molar-refractivity contribution in [3.05, 3.63) is 194 Å². The lowest BCUT2D eigenvalue weighted by atomic mass is 9.98. The van der Waals surface area contributed by atoms with E-state index in [2.05, 4.69) is 203 Å². The van der Waals surface area contributed by atoms with Crippen LogP contribution in [0.25, 0.3) is 88.4 Å². The molecule has 0 fully saturated rings. The Kier molecular flexibility index (Phi) is 6.53. The summed E-state index contributed by atoms with van der Waals surface area (Å²) in [6.45, 7) is 0. The number of hydrogen-bond donors (Lipinski definition) is 0. The number of fused-ring (bicyclic) bond motifs is 6. The van der Waals surface area contributed by atoms with Crippen LogP contribution in [0.3, 0.4) is 0 Å². The Labute approximate surface area is 290 Å². The van der Waals surface area contributed by atoms with Gasteiger partial charge in [0.1, 0.15) is 0 Å². The highest BCUT2D eigenvalue weighted by Gasteiger charge is 2.20. The van der Waals surface area contributed by atoms with Crippen molar-refractivity contribution in [3.63, 3.8) is 0 Å². The minimum absolute atomic E-state index is 1.15. The highest BCUT2D eigenvalue weighted by atomic mass is 15.0. The summed E-state index contributed by atoms with van der Waals surface area (Å²) in [4.78, 5) is 0. The van der Waals surface area contributed by atoms with E-state index < -0.39 is 0 Å². The molecule has 0 unspecified atom stereocenters. The largest absolute Gasteiger partial charge is 0.309 e. The molecule has 2 heteroatoms. The van der Waals surface area contributed by atoms with Crippen LogP contribution in [0.4, 0.5) is 0 Å². The van der Waals surface area contributed by atoms with Gasteiger partial charge in [-0.1, -0.05) is 146 Å². The molecule has 50 heavy (non-hydrogen) atoms. The molecule has 10 aromatic rings. The van der Waals surface area contributed by atoms with Crippen LogP contribution in [0.15, 0.2) is 194 Å². The summed E-state index contributed by atoms with van der Waals surface area (Å²) in [5, 5.41) is 5.01. The van der Waals surface area contributed by atoms with Gasteiger partial charge < -0.3 is 9.13 Å². The van der Waals surface area contributed by atoms with Crippen molar-refractivity contribution >= 4 is 43.6 Å². The Hall–Kier alpha value is -6.64. The molecule has 0 aliphatic carbocycles. The van der Waals surface area contributed by atoms with E-state index in [-0.39, 0.29) is 0 Å². The Morgan fingerprint density at radius 2 is 0.760 bits per heavy atom. The maximum atomic E-state index is 2.47. The second-order valence-corrected chi connectivity index (χ2v) is 13.0. The van der Waals surface area contributed by atoms with Crippen LogP contribution in [0.1, 0.15) is 0 Å². The zero-order chi connectivity index (χ0) is 33.0. The third kappa shape index (κ3) is 4.50. The molecule has 234 valence electrons. The molecule has 2 aromatic heterocycles. The molecule has 0 saturated heterocycles. The van der Waals surface area contributed by atoms with Gasteiger partial charge in [0, 0.05) is 32.8 Å². The van der Waals surface area contributed by atoms with Crippen molar-refractivity contribution in [1.29, 1.82) is 0 Å². The highest BCUT2D eigenvalue weighted by molar-refractivity contribution is 6.19. The molecule has 2 nitrogen and oxygen atoms in total. The summed E-state index contributed by atoms with van der Waals surface area (Å²) in [6, 6.07) is 70.4. The normalized spacial score (nSPS) is 11.6. The van der Waals surface area contributed by atoms with E-state index in [9.17, 15) is 0 Å². The van der Waals surface area contributed by atoms with E-state index in [1.165, 1.54) is 77.0 Å². The molecule has 10 rings (SSSR count). The fourth-order valence-corrected chi connectivity index (χ4v) is 7.83. The Bertz CT molecular complexity index is 2860. The molecule has 0 saturated carbocycles. The van der Waals surface area contributed by atoms with Crippen molar-refractivity contribution in [2.45, 2.75) is 0 Å². The van der Waals surface area contributed by atoms with Crippen molar-refractivity contribution in [1.82, 2.24) is 9.13 Å². The van der Waals surface area contributed by atoms with E-state index in [1.54, 1.807) is 0 Å². The van der Waals surface area contributed by atoms with Crippen molar-refractivity contribution in [3.8, 4) is 44.8 Å². The van der Waals surface area contributed by atoms with Crippen LogP contribution in [-0.2, 0) is 0 Å². The number of aromatic nitrogens is 2. The van der Waals surface area contributed by atoms with Gasteiger partial charge in [-0.25, -0.2) is 0 Å². The fourth-order valence-electron chi connectivity index (χ4n) is 7.83. The first kappa shape index (κ1) is 28.4. The fraction of sp³-hybridized carbons (Fsp3) is 0. The Morgan fingerprint density at radius 3 is 1.46 bits per heavy atom. The molecule has 0 atom stereocenters. The first-order valence-corrected chi connectivity index (χ1v) is 17.2. The lowest BCUT2D eigenvalue weighted by Gasteiger charge is -2.15. The lowest BCUT2D eigenvalue weighted by molar-refractivity contribution is 1.17. The molecule has 8 aromatic carbocycles. The molecule has 0 bridgehead atoms. The van der Waals surface area contributed by atoms with E-state index >= 15 is 0 Å². The number of hydrogen-bond acceptors (Lipinski definition) is 0. The summed E-state index contributed by atoms with van der Waals surface area (Å²) in [5.74, 6) is 0. The predicted molar refractivity (Wildman–Crippen MR) is 211 cm³/mol. The van der Waals surface area contributed by atoms with Crippen LogP contribution in [0.2, 0.25) is 0 Å². The van der Waals surface area contributed by atoms with Crippen LogP contribution in [0, 0.1) is 0 Å². The van der Waals surface area contributed by atoms with Crippen LogP contribution in [0.5, 0.6) is 0 Å². The van der Waals surface area contributed by atoms with Gasteiger partial charge in [0.2, 0.25) is 0 Å². The molecule has 0 N–H and O–H groups in total. The number of rotatable bonds is 5. The zero-order valence-corrected chi connectivity index (χ0v) is 27.4. The van der Waals surface area contributed by atoms with Gasteiger partial charge in [-0.05, 0) is 76.3 Å². The summed E-state index contributed by atoms with van der Waals surface area (Å²) in [6.07, 6.45) is 0. The van der Waals surface area contributed by atoms with E-state index in [4.69, 9.17) is 0 Å². The summed E-state index contributed by atoms with van der Waals surface area (Å²) < 4.78 is 4.91. The standard InChI is InChI=1S/C48H32N2/c1-3-15-33(16-4-1)35-19-13-21-37(29-35)39-23-7-10-26-44(39)50-46-28-12-9-25-41(46)43-31-42-40-24-8-11-27-45(40)49(47(42)32-48(43)50)38-22-14-20-36(30-38)34-17-5-2-6-18-34/h1-32H. The minimum atomic E-state index is 1.15. The molecule has 2 heterocycles. The molecule has 0 amide bonds. The summed E-state index contributed by atoms with van der Waals surface area (Å²) in [5.41, 5.74) is 14.3. The van der Waals surface area contributed by atoms with Gasteiger partial charge in [-0.15, -0.1) is 0 Å². The molecular formula is C48H32N2. The first-order valence-electron chi connectivity index (χ1n) is 17.2. The topological polar surface area (TPSA) is 9.86 Å². The third-order valence-electron chi connectivity index (χ3n) is 10.1. The van der Waals surface area contributed by atoms with E-state index in [0.29, 0.717) is 0 Å². The minimum Gasteiger partial charge on any atom is -0.309 e. The van der Waals surface area contributed by atoms with Gasteiger partial charge >= 0.3 is 0 Å². The average Bonchev–Trinajstić information content (AvgIpc) is 3.69. The quantitative estimate of drug-likeness (QED) is 0.178. The van der Waals surface area contributed by atoms with Gasteiger partial charge in [-0.3, -0.25) is 0 Å². The second kappa shape index (κ2) is 11.5. The molecule has 0 radical (unpaired) electrons. The maximum Gasteiger partial charge on any atom is 0.0562 e. The van der Waals surface area contributed by atoms with Crippen LogP contribution >= 0.6 is 0 Å². The Morgan fingerprint density at radius 1 is 0.260 bits per heavy atom. The summed E-state index contributed by atoms with van der Waals surface area (Å²) >= 11 is 0. The molecular weight excluding hydrogens is 605 g/mol. The van der Waals surface area contributed by atoms with Gasteiger partial charge in [0.15, 0.2) is 0 Å². The molecule has 0 aliphatic heterocycles. The monoisotopic (exact) mass is 636 g/mol. The summed E-state index contributed by atoms with van der Waals surface area (Å²) in [7, 11) is 0. The van der Waals surface area contributed by atoms with Crippen LogP contribution in [-0.4, -0.2) is 9.13 Å². The van der Waals surface area contributed by atoms with E-state index in [1.807, 2.05) is 0 Å². The van der Waals surface area contributed by atoms with Crippen molar-refractivity contribution in [2.24, 2.45) is 0 Å². The molecule has 0 aliphatic rings. The van der Waals surface area contributed by atoms with Gasteiger partial charge in [0.25, 0.3) is 0 Å². The van der Waals surface area contributed by atoms with Crippen molar-refractivity contribution in [2.75, 3.05) is 0 Å². The number of nitrogens with zero attached hydrogens (tertiary/aromatic N) is 2. The number of benzene rings is 8. The number of para-hydroxylation sites is 3. The van der Waals surface area contributed by atoms with Gasteiger partial charge in [-0.2, -0.15) is 0 Å². The lowest BCUT2D eigenvalue weighted by Crippen LogP contribution is -1.98. The highest BCUT2D eigenvalue weighted by Crippen LogP contribution is 2.41. The van der Waals surface area contributed by atoms with Crippen LogP contribution < -0.4 is 0 Å². The smallest absolute Gasteiger partial charge is 0.0562 e. The average molecular weight is 637 g/mol. The second-order valence-electron chi connectivity index (χ2n) is 13.0.